The monoisotopic (exact) mass is 265 g/mol. The van der Waals surface area contributed by atoms with Gasteiger partial charge in [-0.3, -0.25) is 4.79 Å². The summed E-state index contributed by atoms with van der Waals surface area (Å²) in [5.74, 6) is 0.382. The smallest absolute Gasteiger partial charge is 0.369 e. The van der Waals surface area contributed by atoms with Crippen LogP contribution in [-0.4, -0.2) is 42.8 Å². The Hall–Kier alpha value is -0.780. The molecular formula is C12H18F3NO2. The number of epoxide rings is 1. The first kappa shape index (κ1) is 13.6. The van der Waals surface area contributed by atoms with Crippen molar-refractivity contribution >= 4 is 5.91 Å². The van der Waals surface area contributed by atoms with Crippen LogP contribution >= 0.6 is 0 Å². The number of likely N-dealkylation sites (tertiary alicyclic amines) is 1. The summed E-state index contributed by atoms with van der Waals surface area (Å²) in [6, 6.07) is 0. The zero-order chi connectivity index (χ0) is 13.4. The molecular weight excluding hydrogens is 247 g/mol. The van der Waals surface area contributed by atoms with E-state index < -0.39 is 6.68 Å². The highest BCUT2D eigenvalue weighted by Gasteiger charge is 2.51. The van der Waals surface area contributed by atoms with Gasteiger partial charge in [0.25, 0.3) is 0 Å². The van der Waals surface area contributed by atoms with Crippen LogP contribution < -0.4 is 0 Å². The average molecular weight is 265 g/mol. The minimum atomic E-state index is -3.67. The van der Waals surface area contributed by atoms with Crippen molar-refractivity contribution in [2.75, 3.05) is 19.7 Å². The van der Waals surface area contributed by atoms with E-state index >= 15 is 0 Å². The van der Waals surface area contributed by atoms with Crippen molar-refractivity contribution in [1.29, 1.82) is 0 Å². The van der Waals surface area contributed by atoms with Crippen molar-refractivity contribution in [1.82, 2.24) is 4.90 Å². The molecule has 0 aromatic heterocycles. The number of piperidine rings is 1. The third-order valence-electron chi connectivity index (χ3n) is 4.03. The molecule has 2 aliphatic heterocycles. The first-order valence-corrected chi connectivity index (χ1v) is 6.23. The summed E-state index contributed by atoms with van der Waals surface area (Å²) in [5.41, 5.74) is 0.205. The lowest BCUT2D eigenvalue weighted by Crippen LogP contribution is -2.44. The number of halogens is 3. The molecule has 3 nitrogen and oxygen atoms in total. The van der Waals surface area contributed by atoms with E-state index in [-0.39, 0.29) is 11.0 Å². The van der Waals surface area contributed by atoms with Gasteiger partial charge in [-0.15, -0.1) is 0 Å². The van der Waals surface area contributed by atoms with Gasteiger partial charge in [-0.1, -0.05) is 6.92 Å². The third-order valence-corrected chi connectivity index (χ3v) is 4.03. The van der Waals surface area contributed by atoms with Crippen LogP contribution in [0.3, 0.4) is 0 Å². The van der Waals surface area contributed by atoms with E-state index in [1.807, 2.05) is 4.90 Å². The summed E-state index contributed by atoms with van der Waals surface area (Å²) < 4.78 is 34.4. The van der Waals surface area contributed by atoms with Crippen LogP contribution in [0, 0.1) is 5.41 Å². The Labute approximate surface area is 104 Å². The van der Waals surface area contributed by atoms with Crippen LogP contribution in [-0.2, 0) is 9.53 Å². The van der Waals surface area contributed by atoms with Crippen LogP contribution in [0.25, 0.3) is 0 Å². The standard InChI is InChI=1S/C11H17NO2.CHF3/c1-10(2-3-10)9(13)12-6-4-11(5-7-12)8-14-11;2-1(3)4/h2-8H2,1H3;1H. The molecule has 2 heterocycles. The predicted octanol–water partition coefficient (Wildman–Crippen LogP) is 2.36. The van der Waals surface area contributed by atoms with Gasteiger partial charge in [0, 0.05) is 18.5 Å². The molecule has 0 bridgehead atoms. The molecule has 1 spiro atoms. The second-order valence-electron chi connectivity index (χ2n) is 5.57. The van der Waals surface area contributed by atoms with Crippen molar-refractivity contribution < 1.29 is 22.7 Å². The molecule has 1 aliphatic carbocycles. The fraction of sp³-hybridized carbons (Fsp3) is 0.917. The van der Waals surface area contributed by atoms with Crippen LogP contribution in [0.4, 0.5) is 13.2 Å². The van der Waals surface area contributed by atoms with Crippen LogP contribution in [0.5, 0.6) is 0 Å². The van der Waals surface area contributed by atoms with Crippen molar-refractivity contribution in [2.24, 2.45) is 5.41 Å². The fourth-order valence-electron chi connectivity index (χ4n) is 2.29. The number of rotatable bonds is 1. The van der Waals surface area contributed by atoms with E-state index in [0.717, 1.165) is 45.4 Å². The Morgan fingerprint density at radius 2 is 1.61 bits per heavy atom. The number of ether oxygens (including phenoxy) is 1. The molecule has 1 amide bonds. The summed E-state index contributed by atoms with van der Waals surface area (Å²) in [7, 11) is 0. The van der Waals surface area contributed by atoms with Gasteiger partial charge >= 0.3 is 6.68 Å². The van der Waals surface area contributed by atoms with Gasteiger partial charge in [-0.2, -0.15) is 13.2 Å². The molecule has 3 aliphatic rings. The number of hydrogen-bond donors (Lipinski definition) is 0. The van der Waals surface area contributed by atoms with E-state index in [4.69, 9.17) is 4.74 Å². The van der Waals surface area contributed by atoms with E-state index in [1.54, 1.807) is 0 Å². The zero-order valence-corrected chi connectivity index (χ0v) is 10.4. The topological polar surface area (TPSA) is 32.8 Å². The highest BCUT2D eigenvalue weighted by atomic mass is 19.4. The van der Waals surface area contributed by atoms with Crippen LogP contribution in [0.2, 0.25) is 0 Å². The van der Waals surface area contributed by atoms with Gasteiger partial charge in [-0.25, -0.2) is 0 Å². The number of nitrogens with zero attached hydrogens (tertiary/aromatic N) is 1. The van der Waals surface area contributed by atoms with E-state index in [2.05, 4.69) is 6.92 Å². The van der Waals surface area contributed by atoms with Crippen molar-refractivity contribution in [3.63, 3.8) is 0 Å². The third kappa shape index (κ3) is 3.16. The second kappa shape index (κ2) is 4.72. The quantitative estimate of drug-likeness (QED) is 0.682. The summed E-state index contributed by atoms with van der Waals surface area (Å²) in [4.78, 5) is 14.0. The van der Waals surface area contributed by atoms with Gasteiger partial charge in [0.15, 0.2) is 0 Å². The minimum absolute atomic E-state index is 0.00884. The first-order chi connectivity index (χ1) is 8.37. The molecule has 0 aromatic rings. The predicted molar refractivity (Wildman–Crippen MR) is 59.0 cm³/mol. The van der Waals surface area contributed by atoms with Gasteiger partial charge < -0.3 is 9.64 Å². The molecule has 0 radical (unpaired) electrons. The summed E-state index contributed by atoms with van der Waals surface area (Å²) in [5, 5.41) is 0. The molecule has 6 heteroatoms. The zero-order valence-electron chi connectivity index (χ0n) is 10.4. The maximum Gasteiger partial charge on any atom is 0.379 e. The molecule has 104 valence electrons. The van der Waals surface area contributed by atoms with Gasteiger partial charge in [0.1, 0.15) is 0 Å². The highest BCUT2D eigenvalue weighted by Crippen LogP contribution is 2.47. The molecule has 2 saturated heterocycles. The lowest BCUT2D eigenvalue weighted by Gasteiger charge is -2.32. The summed E-state index contributed by atoms with van der Waals surface area (Å²) >= 11 is 0. The normalized spacial score (nSPS) is 26.6. The molecule has 0 unspecified atom stereocenters. The van der Waals surface area contributed by atoms with Crippen molar-refractivity contribution in [3.05, 3.63) is 0 Å². The SMILES string of the molecule is CC1(C(=O)N2CCC3(CC2)CO3)CC1.FC(F)F. The Kier molecular flexibility index (Phi) is 3.58. The van der Waals surface area contributed by atoms with Gasteiger partial charge in [0.05, 0.1) is 12.2 Å². The Balaban J connectivity index is 0.000000267. The number of carbonyl (C=O) groups is 1. The van der Waals surface area contributed by atoms with Gasteiger partial charge in [0.2, 0.25) is 5.91 Å². The average Bonchev–Trinajstić information content (AvgIpc) is 3.20. The molecule has 0 atom stereocenters. The number of alkyl halides is 3. The fourth-order valence-corrected chi connectivity index (χ4v) is 2.29. The lowest BCUT2D eigenvalue weighted by molar-refractivity contribution is -0.137. The van der Waals surface area contributed by atoms with E-state index in [0.29, 0.717) is 5.91 Å². The van der Waals surface area contributed by atoms with E-state index in [9.17, 15) is 18.0 Å². The Morgan fingerprint density at radius 3 is 1.94 bits per heavy atom. The summed E-state index contributed by atoms with van der Waals surface area (Å²) in [6.45, 7) is 1.17. The largest absolute Gasteiger partial charge is 0.379 e. The maximum absolute atomic E-state index is 12.0. The number of carbonyl (C=O) groups excluding carboxylic acids is 1. The Morgan fingerprint density at radius 1 is 1.17 bits per heavy atom. The summed E-state index contributed by atoms with van der Waals surface area (Å²) in [6.07, 6.45) is 4.28. The maximum atomic E-state index is 12.0. The lowest BCUT2D eigenvalue weighted by atomic mass is 9.96. The molecule has 3 rings (SSSR count). The molecule has 18 heavy (non-hydrogen) atoms. The van der Waals surface area contributed by atoms with Crippen LogP contribution in [0.15, 0.2) is 0 Å². The number of amides is 1. The van der Waals surface area contributed by atoms with Crippen molar-refractivity contribution in [3.8, 4) is 0 Å². The molecule has 0 aromatic carbocycles. The second-order valence-corrected chi connectivity index (χ2v) is 5.57. The number of hydrogen-bond acceptors (Lipinski definition) is 2. The van der Waals surface area contributed by atoms with Crippen LogP contribution in [0.1, 0.15) is 32.6 Å². The van der Waals surface area contributed by atoms with E-state index in [1.165, 1.54) is 0 Å². The minimum Gasteiger partial charge on any atom is -0.369 e. The van der Waals surface area contributed by atoms with Gasteiger partial charge in [-0.05, 0) is 25.7 Å². The molecule has 3 fully saturated rings. The van der Waals surface area contributed by atoms with Crippen molar-refractivity contribution in [2.45, 2.75) is 44.9 Å². The molecule has 1 saturated carbocycles. The highest BCUT2D eigenvalue weighted by molar-refractivity contribution is 5.85. The Bertz CT molecular complexity index is 315. The molecule has 0 N–H and O–H groups in total. The first-order valence-electron chi connectivity index (χ1n) is 6.23.